The van der Waals surface area contributed by atoms with Crippen molar-refractivity contribution in [1.29, 1.82) is 0 Å². The van der Waals surface area contributed by atoms with Crippen molar-refractivity contribution in [3.05, 3.63) is 85.9 Å². The minimum Gasteiger partial charge on any atom is -0.496 e. The lowest BCUT2D eigenvalue weighted by Crippen LogP contribution is -2.16. The molecule has 0 spiro atoms. The van der Waals surface area contributed by atoms with Gasteiger partial charge in [0.1, 0.15) is 10.6 Å². The lowest BCUT2D eigenvalue weighted by Gasteiger charge is -2.18. The molecule has 0 aliphatic rings. The van der Waals surface area contributed by atoms with Crippen molar-refractivity contribution >= 4 is 37.0 Å². The van der Waals surface area contributed by atoms with Crippen molar-refractivity contribution in [2.45, 2.75) is 11.8 Å². The number of aromatic amines is 1. The number of aryl methyl sites for hydroxylation is 1. The van der Waals surface area contributed by atoms with Crippen LogP contribution >= 0.6 is 15.9 Å². The summed E-state index contributed by atoms with van der Waals surface area (Å²) in [6, 6.07) is 7.65. The lowest BCUT2D eigenvalue weighted by atomic mass is 9.98. The Morgan fingerprint density at radius 2 is 1.50 bits per heavy atom. The van der Waals surface area contributed by atoms with Crippen LogP contribution in [-0.2, 0) is 10.1 Å². The summed E-state index contributed by atoms with van der Waals surface area (Å²) in [4.78, 5) is 13.7. The van der Waals surface area contributed by atoms with Gasteiger partial charge in [-0.25, -0.2) is 13.2 Å². The van der Waals surface area contributed by atoms with Gasteiger partial charge in [0.2, 0.25) is 40.4 Å². The Hall–Kier alpha value is -3.45. The van der Waals surface area contributed by atoms with Crippen molar-refractivity contribution in [3.8, 4) is 22.6 Å². The second-order valence-corrected chi connectivity index (χ2v) is 9.83. The molecule has 6 nitrogen and oxygen atoms in total. The standard InChI is InChI=1S/C23H13BrF5NO5S/c1-9-7-11(14(34-2)8-12(9)24)17-10-3-6-16(31)30-13(10)4-5-15(17)36(32,33)35-23-21(28)19(26)18(25)20(27)22(23)29/h3-8H,1-2H3,(H,30,31). The van der Waals surface area contributed by atoms with E-state index in [0.29, 0.717) is 10.0 Å². The zero-order valence-electron chi connectivity index (χ0n) is 18.2. The Morgan fingerprint density at radius 1 is 0.889 bits per heavy atom. The number of halogens is 6. The average Bonchev–Trinajstić information content (AvgIpc) is 2.84. The number of hydrogen-bond donors (Lipinski definition) is 1. The highest BCUT2D eigenvalue weighted by Gasteiger charge is 2.33. The molecule has 0 saturated carbocycles. The first-order valence-electron chi connectivity index (χ1n) is 9.83. The minimum absolute atomic E-state index is 0.111. The van der Waals surface area contributed by atoms with Crippen LogP contribution in [0, 0.1) is 36.0 Å². The largest absolute Gasteiger partial charge is 0.496 e. The zero-order valence-corrected chi connectivity index (χ0v) is 20.6. The molecule has 0 aliphatic heterocycles. The van der Waals surface area contributed by atoms with Crippen LogP contribution in [0.25, 0.3) is 22.0 Å². The summed E-state index contributed by atoms with van der Waals surface area (Å²) in [7, 11) is -3.92. The predicted molar refractivity (Wildman–Crippen MR) is 123 cm³/mol. The van der Waals surface area contributed by atoms with Crippen LogP contribution in [0.2, 0.25) is 0 Å². The first-order chi connectivity index (χ1) is 16.9. The van der Waals surface area contributed by atoms with Gasteiger partial charge in [-0.1, -0.05) is 15.9 Å². The van der Waals surface area contributed by atoms with E-state index in [2.05, 4.69) is 25.1 Å². The van der Waals surface area contributed by atoms with Crippen molar-refractivity contribution in [2.24, 2.45) is 0 Å². The molecule has 0 bridgehead atoms. The normalized spacial score (nSPS) is 11.7. The number of aromatic nitrogens is 1. The number of fused-ring (bicyclic) bond motifs is 1. The molecule has 0 aliphatic carbocycles. The second-order valence-electron chi connectivity index (χ2n) is 7.46. The molecule has 188 valence electrons. The maximum absolute atomic E-state index is 14.2. The van der Waals surface area contributed by atoms with E-state index < -0.39 is 55.4 Å². The number of benzene rings is 3. The fourth-order valence-electron chi connectivity index (χ4n) is 3.54. The topological polar surface area (TPSA) is 85.5 Å². The van der Waals surface area contributed by atoms with Gasteiger partial charge in [-0.2, -0.15) is 17.2 Å². The van der Waals surface area contributed by atoms with Crippen LogP contribution in [-0.4, -0.2) is 20.5 Å². The fraction of sp³-hybridized carbons (Fsp3) is 0.0870. The van der Waals surface area contributed by atoms with E-state index in [0.717, 1.165) is 12.1 Å². The van der Waals surface area contributed by atoms with Crippen LogP contribution < -0.4 is 14.5 Å². The van der Waals surface area contributed by atoms with Crippen molar-refractivity contribution in [3.63, 3.8) is 0 Å². The van der Waals surface area contributed by atoms with Gasteiger partial charge in [0, 0.05) is 32.6 Å². The lowest BCUT2D eigenvalue weighted by molar-refractivity contribution is 0.347. The van der Waals surface area contributed by atoms with Crippen LogP contribution in [0.3, 0.4) is 0 Å². The van der Waals surface area contributed by atoms with Crippen LogP contribution in [0.1, 0.15) is 5.56 Å². The smallest absolute Gasteiger partial charge is 0.340 e. The van der Waals surface area contributed by atoms with E-state index in [-0.39, 0.29) is 27.8 Å². The van der Waals surface area contributed by atoms with E-state index in [1.165, 1.54) is 25.3 Å². The first kappa shape index (κ1) is 25.6. The third-order valence-electron chi connectivity index (χ3n) is 5.25. The summed E-state index contributed by atoms with van der Waals surface area (Å²) in [6.07, 6.45) is 0. The molecule has 13 heteroatoms. The highest BCUT2D eigenvalue weighted by molar-refractivity contribution is 9.10. The summed E-state index contributed by atoms with van der Waals surface area (Å²) >= 11 is 3.33. The Labute approximate surface area is 208 Å². The fourth-order valence-corrected chi connectivity index (χ4v) is 5.02. The zero-order chi connectivity index (χ0) is 26.5. The number of ether oxygens (including phenoxy) is 1. The third kappa shape index (κ3) is 4.22. The number of rotatable bonds is 5. The first-order valence-corrected chi connectivity index (χ1v) is 12.0. The minimum atomic E-state index is -5.23. The molecule has 4 aromatic rings. The van der Waals surface area contributed by atoms with Crippen LogP contribution in [0.5, 0.6) is 11.5 Å². The maximum atomic E-state index is 14.2. The van der Waals surface area contributed by atoms with E-state index in [1.54, 1.807) is 13.0 Å². The molecule has 1 aromatic heterocycles. The van der Waals surface area contributed by atoms with Crippen molar-refractivity contribution in [1.82, 2.24) is 4.98 Å². The Kier molecular flexibility index (Phi) is 6.56. The summed E-state index contributed by atoms with van der Waals surface area (Å²) < 4.78 is 106. The number of methoxy groups -OCH3 is 1. The van der Waals surface area contributed by atoms with Gasteiger partial charge in [0.05, 0.1) is 7.11 Å². The summed E-state index contributed by atoms with van der Waals surface area (Å²) in [6.45, 7) is 1.69. The molecule has 0 atom stereocenters. The Bertz CT molecular complexity index is 1690. The monoisotopic (exact) mass is 589 g/mol. The molecule has 0 radical (unpaired) electrons. The average molecular weight is 590 g/mol. The number of hydrogen-bond acceptors (Lipinski definition) is 5. The van der Waals surface area contributed by atoms with Gasteiger partial charge in [-0.15, -0.1) is 0 Å². The molecule has 1 heterocycles. The highest BCUT2D eigenvalue weighted by atomic mass is 79.9. The highest BCUT2D eigenvalue weighted by Crippen LogP contribution is 2.42. The van der Waals surface area contributed by atoms with Gasteiger partial charge in [0.15, 0.2) is 0 Å². The Balaban J connectivity index is 2.06. The molecule has 36 heavy (non-hydrogen) atoms. The van der Waals surface area contributed by atoms with Gasteiger partial charge in [-0.3, -0.25) is 4.79 Å². The van der Waals surface area contributed by atoms with Gasteiger partial charge >= 0.3 is 10.1 Å². The second kappa shape index (κ2) is 9.21. The number of H-pyrrole nitrogens is 1. The third-order valence-corrected chi connectivity index (χ3v) is 7.37. The summed E-state index contributed by atoms with van der Waals surface area (Å²) in [5.74, 6) is -14.0. The molecule has 4 rings (SSSR count). The molecular formula is C23H13BrF5NO5S. The summed E-state index contributed by atoms with van der Waals surface area (Å²) in [5.41, 5.74) is 0.391. The quantitative estimate of drug-likeness (QED) is 0.139. The predicted octanol–water partition coefficient (Wildman–Crippen LogP) is 5.74. The van der Waals surface area contributed by atoms with Crippen molar-refractivity contribution < 1.29 is 39.3 Å². The molecule has 0 amide bonds. The molecule has 3 aromatic carbocycles. The number of pyridine rings is 1. The Morgan fingerprint density at radius 3 is 2.11 bits per heavy atom. The molecule has 0 fully saturated rings. The van der Waals surface area contributed by atoms with Gasteiger partial charge < -0.3 is 13.9 Å². The molecule has 0 unspecified atom stereocenters. The van der Waals surface area contributed by atoms with E-state index >= 15 is 0 Å². The summed E-state index contributed by atoms with van der Waals surface area (Å²) in [5, 5.41) is 0.164. The molecule has 0 saturated heterocycles. The van der Waals surface area contributed by atoms with Gasteiger partial charge in [0.25, 0.3) is 0 Å². The van der Waals surface area contributed by atoms with Crippen LogP contribution in [0.4, 0.5) is 22.0 Å². The SMILES string of the molecule is COc1cc(Br)c(C)cc1-c1c(S(=O)(=O)Oc2c(F)c(F)c(F)c(F)c2F)ccc2[nH]c(=O)ccc12. The molecule has 1 N–H and O–H groups in total. The van der Waals surface area contributed by atoms with E-state index in [9.17, 15) is 35.2 Å². The van der Waals surface area contributed by atoms with E-state index in [4.69, 9.17) is 4.74 Å². The number of nitrogens with one attached hydrogen (secondary N) is 1. The van der Waals surface area contributed by atoms with Gasteiger partial charge in [-0.05, 0) is 42.8 Å². The maximum Gasteiger partial charge on any atom is 0.340 e. The van der Waals surface area contributed by atoms with Crippen LogP contribution in [0.15, 0.2) is 50.6 Å². The molecular weight excluding hydrogens is 577 g/mol. The van der Waals surface area contributed by atoms with E-state index in [1.807, 2.05) is 0 Å². The van der Waals surface area contributed by atoms with Crippen molar-refractivity contribution in [2.75, 3.05) is 7.11 Å².